The first kappa shape index (κ1) is 11.0. The van der Waals surface area contributed by atoms with E-state index in [1.165, 1.54) is 0 Å². The molecule has 1 N–H and O–H groups in total. The van der Waals surface area contributed by atoms with Gasteiger partial charge in [-0.3, -0.25) is 4.79 Å². The van der Waals surface area contributed by atoms with Crippen LogP contribution < -0.4 is 5.32 Å². The Bertz CT molecular complexity index is 201. The average Bonchev–Trinajstić information content (AvgIpc) is 2.03. The van der Waals surface area contributed by atoms with E-state index in [9.17, 15) is 4.79 Å². The van der Waals surface area contributed by atoms with Gasteiger partial charge in [0.2, 0.25) is 5.91 Å². The van der Waals surface area contributed by atoms with Gasteiger partial charge in [-0.25, -0.2) is 0 Å². The van der Waals surface area contributed by atoms with Crippen LogP contribution in [0.2, 0.25) is 0 Å². The lowest BCUT2D eigenvalue weighted by atomic mass is 9.87. The second-order valence-corrected chi connectivity index (χ2v) is 10.1. The molecular weight excluding hydrogens is 380 g/mol. The lowest BCUT2D eigenvalue weighted by molar-refractivity contribution is -0.128. The first-order chi connectivity index (χ1) is 5.33. The fourth-order valence-electron chi connectivity index (χ4n) is 1.15. The molecule has 0 aromatic rings. The highest BCUT2D eigenvalue weighted by molar-refractivity contribution is 14.2. The molecule has 4 heteroatoms. The van der Waals surface area contributed by atoms with Crippen LogP contribution in [0.4, 0.5) is 0 Å². The van der Waals surface area contributed by atoms with Gasteiger partial charge in [-0.15, -0.1) is 0 Å². The molecule has 0 bridgehead atoms. The van der Waals surface area contributed by atoms with E-state index < -0.39 is 0 Å². The van der Waals surface area contributed by atoms with Crippen molar-refractivity contribution in [2.75, 3.05) is 6.54 Å². The minimum atomic E-state index is -0.182. The SMILES string of the molecule is CC1(C)CCC(I)(I)CNC1=O. The minimum absolute atomic E-state index is 0.182. The molecule has 1 rings (SSSR count). The van der Waals surface area contributed by atoms with Crippen molar-refractivity contribution in [3.63, 3.8) is 0 Å². The molecule has 1 heterocycles. The molecule has 70 valence electrons. The van der Waals surface area contributed by atoms with Crippen LogP contribution in [-0.2, 0) is 4.79 Å². The topological polar surface area (TPSA) is 29.1 Å². The Kier molecular flexibility index (Phi) is 3.29. The number of nitrogens with one attached hydrogen (secondary N) is 1. The summed E-state index contributed by atoms with van der Waals surface area (Å²) < 4.78 is 0.207. The standard InChI is InChI=1S/C8H13I2NO/c1-7(2)3-4-8(9,10)5-11-6(7)12/h3-5H2,1-2H3,(H,11,12). The molecule has 12 heavy (non-hydrogen) atoms. The van der Waals surface area contributed by atoms with Gasteiger partial charge in [-0.2, -0.15) is 0 Å². The Morgan fingerprint density at radius 3 is 2.50 bits per heavy atom. The summed E-state index contributed by atoms with van der Waals surface area (Å²) >= 11 is 4.83. The Balaban J connectivity index is 2.73. The van der Waals surface area contributed by atoms with Crippen LogP contribution in [0.3, 0.4) is 0 Å². The van der Waals surface area contributed by atoms with E-state index in [1.54, 1.807) is 0 Å². The monoisotopic (exact) mass is 393 g/mol. The number of hydrogen-bond donors (Lipinski definition) is 1. The summed E-state index contributed by atoms with van der Waals surface area (Å²) in [6, 6.07) is 0. The maximum absolute atomic E-state index is 11.5. The zero-order valence-electron chi connectivity index (χ0n) is 7.29. The highest BCUT2D eigenvalue weighted by Crippen LogP contribution is 2.38. The summed E-state index contributed by atoms with van der Waals surface area (Å²) in [6.07, 6.45) is 2.07. The van der Waals surface area contributed by atoms with Crippen LogP contribution in [-0.4, -0.2) is 13.9 Å². The first-order valence-corrected chi connectivity index (χ1v) is 6.15. The van der Waals surface area contributed by atoms with Gasteiger partial charge in [0.05, 0.1) is 1.43 Å². The molecule has 1 aliphatic heterocycles. The van der Waals surface area contributed by atoms with Crippen LogP contribution in [0.1, 0.15) is 26.7 Å². The van der Waals surface area contributed by atoms with Crippen molar-refractivity contribution < 1.29 is 4.79 Å². The van der Waals surface area contributed by atoms with E-state index in [2.05, 4.69) is 50.5 Å². The van der Waals surface area contributed by atoms with Crippen LogP contribution in [0.5, 0.6) is 0 Å². The smallest absolute Gasteiger partial charge is 0.225 e. The summed E-state index contributed by atoms with van der Waals surface area (Å²) in [5.41, 5.74) is -0.182. The van der Waals surface area contributed by atoms with E-state index in [1.807, 2.05) is 13.8 Å². The van der Waals surface area contributed by atoms with Crippen molar-refractivity contribution in [2.45, 2.75) is 28.1 Å². The van der Waals surface area contributed by atoms with Crippen molar-refractivity contribution in [2.24, 2.45) is 5.41 Å². The zero-order valence-corrected chi connectivity index (χ0v) is 11.6. The maximum Gasteiger partial charge on any atom is 0.225 e. The molecular formula is C8H13I2NO. The van der Waals surface area contributed by atoms with Gasteiger partial charge in [-0.05, 0) is 12.8 Å². The molecule has 0 spiro atoms. The van der Waals surface area contributed by atoms with Gasteiger partial charge in [0.25, 0.3) is 0 Å². The maximum atomic E-state index is 11.5. The third-order valence-corrected chi connectivity index (χ3v) is 4.08. The molecule has 1 aliphatic rings. The lowest BCUT2D eigenvalue weighted by Gasteiger charge is -2.19. The van der Waals surface area contributed by atoms with Crippen LogP contribution in [0.25, 0.3) is 0 Å². The minimum Gasteiger partial charge on any atom is -0.354 e. The van der Waals surface area contributed by atoms with E-state index in [0.717, 1.165) is 19.4 Å². The van der Waals surface area contributed by atoms with Gasteiger partial charge in [0.1, 0.15) is 0 Å². The first-order valence-electron chi connectivity index (χ1n) is 4.00. The van der Waals surface area contributed by atoms with Gasteiger partial charge in [0, 0.05) is 12.0 Å². The number of carbonyl (C=O) groups is 1. The van der Waals surface area contributed by atoms with E-state index in [0.29, 0.717) is 0 Å². The third kappa shape index (κ3) is 2.71. The van der Waals surface area contributed by atoms with Gasteiger partial charge in [0.15, 0.2) is 0 Å². The summed E-state index contributed by atoms with van der Waals surface area (Å²) in [7, 11) is 0. The van der Waals surface area contributed by atoms with Crippen molar-refractivity contribution in [3.8, 4) is 0 Å². The van der Waals surface area contributed by atoms with Gasteiger partial charge >= 0.3 is 0 Å². The lowest BCUT2D eigenvalue weighted by Crippen LogP contribution is -2.37. The van der Waals surface area contributed by atoms with Crippen molar-refractivity contribution in [3.05, 3.63) is 0 Å². The molecule has 2 nitrogen and oxygen atoms in total. The zero-order chi connectivity index (χ0) is 9.41. The van der Waals surface area contributed by atoms with Crippen molar-refractivity contribution in [1.82, 2.24) is 5.32 Å². The van der Waals surface area contributed by atoms with E-state index >= 15 is 0 Å². The molecule has 0 unspecified atom stereocenters. The largest absolute Gasteiger partial charge is 0.354 e. The van der Waals surface area contributed by atoms with Crippen molar-refractivity contribution in [1.29, 1.82) is 0 Å². The molecule has 0 aliphatic carbocycles. The van der Waals surface area contributed by atoms with Crippen LogP contribution >= 0.6 is 45.2 Å². The van der Waals surface area contributed by atoms with Gasteiger partial charge in [-0.1, -0.05) is 59.0 Å². The van der Waals surface area contributed by atoms with Crippen LogP contribution in [0.15, 0.2) is 0 Å². The number of amides is 1. The van der Waals surface area contributed by atoms with Crippen LogP contribution in [0, 0.1) is 5.41 Å². The Morgan fingerprint density at radius 2 is 1.92 bits per heavy atom. The predicted molar refractivity (Wildman–Crippen MR) is 66.8 cm³/mol. The quantitative estimate of drug-likeness (QED) is 0.498. The molecule has 0 aromatic carbocycles. The number of halogens is 2. The number of carbonyl (C=O) groups excluding carboxylic acids is 1. The molecule has 0 saturated carbocycles. The molecule has 0 aromatic heterocycles. The third-order valence-electron chi connectivity index (χ3n) is 2.24. The van der Waals surface area contributed by atoms with Crippen molar-refractivity contribution >= 4 is 51.1 Å². The molecule has 1 amide bonds. The van der Waals surface area contributed by atoms with Gasteiger partial charge < -0.3 is 5.32 Å². The summed E-state index contributed by atoms with van der Waals surface area (Å²) in [5.74, 6) is 0.192. The summed E-state index contributed by atoms with van der Waals surface area (Å²) in [6.45, 7) is 4.81. The predicted octanol–water partition coefficient (Wildman–Crippen LogP) is 2.49. The fourth-order valence-corrected chi connectivity index (χ4v) is 2.07. The van der Waals surface area contributed by atoms with E-state index in [4.69, 9.17) is 0 Å². The fraction of sp³-hybridized carbons (Fsp3) is 0.875. The molecule has 1 fully saturated rings. The average molecular weight is 393 g/mol. The summed E-state index contributed by atoms with van der Waals surface area (Å²) in [5, 5.41) is 2.97. The highest BCUT2D eigenvalue weighted by atomic mass is 127. The number of alkyl halides is 2. The Morgan fingerprint density at radius 1 is 1.33 bits per heavy atom. The second-order valence-electron chi connectivity index (χ2n) is 3.92. The van der Waals surface area contributed by atoms with E-state index in [-0.39, 0.29) is 12.8 Å². The molecule has 1 saturated heterocycles. The molecule has 0 radical (unpaired) electrons. The Hall–Kier alpha value is 0.930. The highest BCUT2D eigenvalue weighted by Gasteiger charge is 2.36. The second kappa shape index (κ2) is 3.59. The summed E-state index contributed by atoms with van der Waals surface area (Å²) in [4.78, 5) is 11.5. The normalized spacial score (nSPS) is 27.5. The number of rotatable bonds is 0. The Labute approximate surface area is 101 Å². The molecule has 0 atom stereocenters. The number of hydrogen-bond acceptors (Lipinski definition) is 1.